The molecular weight excluding hydrogens is 460 g/mol. The minimum Gasteiger partial charge on any atom is -0.391 e. The van der Waals surface area contributed by atoms with Crippen molar-refractivity contribution in [1.82, 2.24) is 5.32 Å². The van der Waals surface area contributed by atoms with Crippen molar-refractivity contribution in [3.8, 4) is 0 Å². The Morgan fingerprint density at radius 1 is 0.737 bits per heavy atom. The van der Waals surface area contributed by atoms with Crippen molar-refractivity contribution >= 4 is 0 Å². The van der Waals surface area contributed by atoms with Crippen LogP contribution in [0.25, 0.3) is 0 Å². The lowest BCUT2D eigenvalue weighted by atomic mass is 9.52. The van der Waals surface area contributed by atoms with Crippen LogP contribution in [0.5, 0.6) is 0 Å². The van der Waals surface area contributed by atoms with Crippen molar-refractivity contribution in [3.63, 3.8) is 0 Å². The first-order chi connectivity index (χ1) is 18.8. The molecule has 2 fully saturated rings. The summed E-state index contributed by atoms with van der Waals surface area (Å²) in [6.07, 6.45) is 42.0. The molecule has 10 atom stereocenters. The van der Waals surface area contributed by atoms with E-state index in [1.807, 2.05) is 0 Å². The molecule has 0 amide bonds. The second-order valence-electron chi connectivity index (χ2n) is 13.5. The molecule has 2 saturated carbocycles. The molecule has 0 aromatic rings. The minimum atomic E-state index is 0.462. The highest BCUT2D eigenvalue weighted by Crippen LogP contribution is 2.55. The van der Waals surface area contributed by atoms with Gasteiger partial charge >= 0.3 is 0 Å². The van der Waals surface area contributed by atoms with Crippen molar-refractivity contribution < 1.29 is 0 Å². The van der Waals surface area contributed by atoms with Crippen LogP contribution >= 0.6 is 0 Å². The Kier molecular flexibility index (Phi) is 8.45. The van der Waals surface area contributed by atoms with E-state index in [2.05, 4.69) is 85.3 Å². The van der Waals surface area contributed by atoms with Gasteiger partial charge in [0.1, 0.15) is 0 Å². The van der Waals surface area contributed by atoms with Gasteiger partial charge in [-0.05, 0) is 148 Å². The van der Waals surface area contributed by atoms with Crippen LogP contribution in [0.4, 0.5) is 0 Å². The molecule has 5 aliphatic carbocycles. The maximum atomic E-state index is 6.28. The number of nitrogens with two attached hydrogens (primary N) is 1. The van der Waals surface area contributed by atoms with Gasteiger partial charge in [-0.2, -0.15) is 0 Å². The third kappa shape index (κ3) is 5.19. The van der Waals surface area contributed by atoms with E-state index < -0.39 is 0 Å². The predicted octanol–water partition coefficient (Wildman–Crippen LogP) is 7.84. The summed E-state index contributed by atoms with van der Waals surface area (Å²) in [5.41, 5.74) is 6.28. The maximum Gasteiger partial charge on any atom is 0.0175 e. The Hall–Kier alpha value is -1.80. The van der Waals surface area contributed by atoms with E-state index >= 15 is 0 Å². The monoisotopic (exact) mass is 512 g/mol. The van der Waals surface area contributed by atoms with E-state index in [1.54, 1.807) is 0 Å². The Morgan fingerprint density at radius 3 is 2.21 bits per heavy atom. The molecule has 6 rings (SSSR count). The first-order valence-corrected chi connectivity index (χ1v) is 16.2. The van der Waals surface area contributed by atoms with Gasteiger partial charge in [0.05, 0.1) is 0 Å². The van der Waals surface area contributed by atoms with Gasteiger partial charge in [-0.1, -0.05) is 66.8 Å². The molecule has 2 nitrogen and oxygen atoms in total. The highest BCUT2D eigenvalue weighted by atomic mass is 14.8. The molecule has 206 valence electrons. The molecule has 0 spiro atoms. The molecule has 0 aromatic carbocycles. The number of rotatable bonds is 6. The molecule has 1 heterocycles. The number of fused-ring (bicyclic) bond motifs is 2. The minimum absolute atomic E-state index is 0.462. The van der Waals surface area contributed by atoms with Crippen LogP contribution < -0.4 is 11.1 Å². The Morgan fingerprint density at radius 2 is 1.47 bits per heavy atom. The van der Waals surface area contributed by atoms with Gasteiger partial charge in [-0.3, -0.25) is 0 Å². The molecule has 0 aromatic heterocycles. The van der Waals surface area contributed by atoms with Gasteiger partial charge in [0, 0.05) is 6.54 Å². The summed E-state index contributed by atoms with van der Waals surface area (Å²) in [5.74, 6) is 9.09. The lowest BCUT2D eigenvalue weighted by molar-refractivity contribution is 0.0304. The summed E-state index contributed by atoms with van der Waals surface area (Å²) < 4.78 is 0. The average molecular weight is 513 g/mol. The average Bonchev–Trinajstić information content (AvgIpc) is 2.99. The highest BCUT2D eigenvalue weighted by Gasteiger charge is 2.48. The van der Waals surface area contributed by atoms with E-state index in [0.717, 1.165) is 59.8 Å². The van der Waals surface area contributed by atoms with Crippen LogP contribution in [0.15, 0.2) is 73.0 Å². The summed E-state index contributed by atoms with van der Waals surface area (Å²) in [4.78, 5) is 0. The Labute approximate surface area is 232 Å². The molecule has 38 heavy (non-hydrogen) atoms. The fraction of sp³-hybridized carbons (Fsp3) is 0.667. The number of hydrogen-bond acceptors (Lipinski definition) is 2. The molecule has 6 aliphatic rings. The van der Waals surface area contributed by atoms with E-state index in [-0.39, 0.29) is 0 Å². The first-order valence-electron chi connectivity index (χ1n) is 16.2. The fourth-order valence-corrected chi connectivity index (χ4v) is 10.1. The number of hydrogen-bond donors (Lipinski definition) is 2. The first kappa shape index (κ1) is 26.4. The molecule has 1 aliphatic heterocycles. The molecule has 10 unspecified atom stereocenters. The summed E-state index contributed by atoms with van der Waals surface area (Å²) in [6.45, 7) is 4.09. The van der Waals surface area contributed by atoms with Crippen LogP contribution in [0.2, 0.25) is 0 Å². The van der Waals surface area contributed by atoms with Gasteiger partial charge < -0.3 is 11.1 Å². The Balaban J connectivity index is 1.17. The molecular formula is C36H52N2. The molecule has 0 bridgehead atoms. The molecule has 0 saturated heterocycles. The predicted molar refractivity (Wildman–Crippen MR) is 161 cm³/mol. The van der Waals surface area contributed by atoms with Crippen molar-refractivity contribution in [3.05, 3.63) is 73.0 Å². The zero-order chi connectivity index (χ0) is 25.9. The van der Waals surface area contributed by atoms with Crippen molar-refractivity contribution in [1.29, 1.82) is 0 Å². The van der Waals surface area contributed by atoms with Crippen LogP contribution in [0, 0.1) is 71.0 Å². The lowest BCUT2D eigenvalue weighted by Crippen LogP contribution is -2.45. The molecule has 0 radical (unpaired) electrons. The molecule has 2 heteroatoms. The van der Waals surface area contributed by atoms with Crippen LogP contribution in [-0.4, -0.2) is 13.1 Å². The SMILES string of the molecule is C/C=C\C(CN)C1C=CC(C2CCC(C3CCC(C4CC=CNC4)CC3)C3C=CC=CC32)C2CCC=CC12. The van der Waals surface area contributed by atoms with Crippen LogP contribution in [-0.2, 0) is 0 Å². The summed E-state index contributed by atoms with van der Waals surface area (Å²) in [7, 11) is 0. The summed E-state index contributed by atoms with van der Waals surface area (Å²) >= 11 is 0. The van der Waals surface area contributed by atoms with Gasteiger partial charge in [-0.25, -0.2) is 0 Å². The van der Waals surface area contributed by atoms with Gasteiger partial charge in [0.2, 0.25) is 0 Å². The summed E-state index contributed by atoms with van der Waals surface area (Å²) in [6, 6.07) is 0. The smallest absolute Gasteiger partial charge is 0.0175 e. The second-order valence-corrected chi connectivity index (χ2v) is 13.5. The highest BCUT2D eigenvalue weighted by molar-refractivity contribution is 5.22. The van der Waals surface area contributed by atoms with E-state index in [4.69, 9.17) is 5.73 Å². The van der Waals surface area contributed by atoms with Gasteiger partial charge in [0.25, 0.3) is 0 Å². The van der Waals surface area contributed by atoms with Crippen molar-refractivity contribution in [2.45, 2.75) is 64.7 Å². The maximum absolute atomic E-state index is 6.28. The third-order valence-electron chi connectivity index (χ3n) is 11.9. The van der Waals surface area contributed by atoms with Gasteiger partial charge in [0.15, 0.2) is 0 Å². The topological polar surface area (TPSA) is 38.0 Å². The van der Waals surface area contributed by atoms with Crippen LogP contribution in [0.1, 0.15) is 64.7 Å². The normalized spacial score (nSPS) is 44.9. The van der Waals surface area contributed by atoms with E-state index in [1.165, 1.54) is 64.3 Å². The largest absolute Gasteiger partial charge is 0.391 e. The molecule has 3 N–H and O–H groups in total. The lowest BCUT2D eigenvalue weighted by Gasteiger charge is -2.52. The standard InChI is InChI=1S/C36H52N2/c1-2-8-27(23-37)30-19-21-36(34-13-6-4-11-32(30)34)35-20-18-29(31-10-3-5-12-33(31)35)26-16-14-25(15-17-26)28-9-7-22-38-24-28/h2-5,7-8,10-12,19,21-22,25-36,38H,6,9,13-18,20,23-24,37H2,1H3/b8-2-. The zero-order valence-corrected chi connectivity index (χ0v) is 23.7. The van der Waals surface area contributed by atoms with E-state index in [0.29, 0.717) is 17.8 Å². The van der Waals surface area contributed by atoms with Crippen molar-refractivity contribution in [2.75, 3.05) is 13.1 Å². The summed E-state index contributed by atoms with van der Waals surface area (Å²) in [5, 5.41) is 3.50. The van der Waals surface area contributed by atoms with Gasteiger partial charge in [-0.15, -0.1) is 0 Å². The fourth-order valence-electron chi connectivity index (χ4n) is 10.1. The number of allylic oxidation sites excluding steroid dienone is 10. The Bertz CT molecular complexity index is 960. The zero-order valence-electron chi connectivity index (χ0n) is 23.7. The van der Waals surface area contributed by atoms with E-state index in [9.17, 15) is 0 Å². The number of nitrogens with one attached hydrogen (secondary N) is 1. The third-order valence-corrected chi connectivity index (χ3v) is 11.9. The quantitative estimate of drug-likeness (QED) is 0.356. The second kappa shape index (κ2) is 12.2. The van der Waals surface area contributed by atoms with Crippen LogP contribution in [0.3, 0.4) is 0 Å². The van der Waals surface area contributed by atoms with Crippen molar-refractivity contribution in [2.24, 2.45) is 76.7 Å².